The molecule has 0 aromatic heterocycles. The average molecular weight is 401 g/mol. The molecule has 25 heavy (non-hydrogen) atoms. The van der Waals surface area contributed by atoms with Crippen LogP contribution in [0, 0.1) is 11.8 Å². The molecule has 3 unspecified atom stereocenters. The number of carbonyl (C=O) groups excluding carboxylic acids is 2. The lowest BCUT2D eigenvalue weighted by Crippen LogP contribution is -2.26. The van der Waals surface area contributed by atoms with Gasteiger partial charge in [0.25, 0.3) is 5.91 Å². The second-order valence-corrected chi connectivity index (χ2v) is 7.55. The van der Waals surface area contributed by atoms with Crippen molar-refractivity contribution in [1.29, 1.82) is 0 Å². The van der Waals surface area contributed by atoms with Gasteiger partial charge in [0, 0.05) is 21.6 Å². The predicted octanol–water partition coefficient (Wildman–Crippen LogP) is 4.53. The minimum absolute atomic E-state index is 0.0629. The van der Waals surface area contributed by atoms with E-state index in [1.807, 2.05) is 31.2 Å². The van der Waals surface area contributed by atoms with Crippen LogP contribution in [0.3, 0.4) is 0 Å². The van der Waals surface area contributed by atoms with Crippen LogP contribution < -0.4 is 10.6 Å². The first-order valence-electron chi connectivity index (χ1n) is 8.41. The van der Waals surface area contributed by atoms with Crippen molar-refractivity contribution in [2.75, 3.05) is 5.32 Å². The van der Waals surface area contributed by atoms with Crippen LogP contribution >= 0.6 is 15.9 Å². The molecular formula is C20H21BrN2O2. The van der Waals surface area contributed by atoms with E-state index in [9.17, 15) is 9.59 Å². The van der Waals surface area contributed by atoms with Crippen LogP contribution in [0.1, 0.15) is 42.2 Å². The van der Waals surface area contributed by atoms with Gasteiger partial charge in [-0.25, -0.2) is 0 Å². The van der Waals surface area contributed by atoms with Gasteiger partial charge < -0.3 is 10.6 Å². The van der Waals surface area contributed by atoms with Crippen molar-refractivity contribution in [3.05, 3.63) is 64.1 Å². The van der Waals surface area contributed by atoms with E-state index in [4.69, 9.17) is 0 Å². The van der Waals surface area contributed by atoms with E-state index < -0.39 is 0 Å². The van der Waals surface area contributed by atoms with Crippen molar-refractivity contribution in [1.82, 2.24) is 5.32 Å². The van der Waals surface area contributed by atoms with Gasteiger partial charge in [-0.1, -0.05) is 35.0 Å². The molecule has 1 aliphatic carbocycles. The Morgan fingerprint density at radius 1 is 1.16 bits per heavy atom. The molecule has 0 saturated heterocycles. The summed E-state index contributed by atoms with van der Waals surface area (Å²) >= 11 is 3.44. The summed E-state index contributed by atoms with van der Waals surface area (Å²) < 4.78 is 0.983. The molecule has 0 radical (unpaired) electrons. The summed E-state index contributed by atoms with van der Waals surface area (Å²) in [5.74, 6) is 0.535. The first kappa shape index (κ1) is 17.7. The van der Waals surface area contributed by atoms with Crippen molar-refractivity contribution < 1.29 is 9.59 Å². The molecule has 2 aromatic carbocycles. The fourth-order valence-corrected chi connectivity index (χ4v) is 3.18. The second-order valence-electron chi connectivity index (χ2n) is 6.64. The van der Waals surface area contributed by atoms with E-state index >= 15 is 0 Å². The molecule has 2 amide bonds. The van der Waals surface area contributed by atoms with Gasteiger partial charge in [-0.3, -0.25) is 9.59 Å². The molecule has 3 atom stereocenters. The van der Waals surface area contributed by atoms with Gasteiger partial charge in [-0.05, 0) is 61.2 Å². The number of hydrogen-bond acceptors (Lipinski definition) is 2. The van der Waals surface area contributed by atoms with Crippen LogP contribution in [0.15, 0.2) is 53.0 Å². The number of benzene rings is 2. The molecule has 3 rings (SSSR count). The van der Waals surface area contributed by atoms with Crippen LogP contribution in [0.25, 0.3) is 0 Å². The number of nitrogens with one attached hydrogen (secondary N) is 2. The van der Waals surface area contributed by atoms with Crippen molar-refractivity contribution in [3.8, 4) is 0 Å². The summed E-state index contributed by atoms with van der Waals surface area (Å²) in [4.78, 5) is 24.3. The van der Waals surface area contributed by atoms with Crippen LogP contribution in [0.2, 0.25) is 0 Å². The zero-order chi connectivity index (χ0) is 18.0. The van der Waals surface area contributed by atoms with E-state index in [-0.39, 0.29) is 23.8 Å². The molecule has 0 aliphatic heterocycles. The number of anilines is 1. The molecule has 130 valence electrons. The van der Waals surface area contributed by atoms with Crippen molar-refractivity contribution in [3.63, 3.8) is 0 Å². The summed E-state index contributed by atoms with van der Waals surface area (Å²) in [6, 6.07) is 14.8. The quantitative estimate of drug-likeness (QED) is 0.773. The Kier molecular flexibility index (Phi) is 5.23. The SMILES string of the molecule is CC(NC(=O)c1ccc(NC(=O)C2CC2C)cc1)c1cccc(Br)c1. The van der Waals surface area contributed by atoms with Crippen molar-refractivity contribution in [2.24, 2.45) is 11.8 Å². The third-order valence-electron chi connectivity index (χ3n) is 4.56. The van der Waals surface area contributed by atoms with E-state index in [0.717, 1.165) is 22.1 Å². The van der Waals surface area contributed by atoms with Gasteiger partial charge in [0.1, 0.15) is 0 Å². The van der Waals surface area contributed by atoms with E-state index in [1.54, 1.807) is 24.3 Å². The van der Waals surface area contributed by atoms with Crippen LogP contribution in [0.4, 0.5) is 5.69 Å². The maximum absolute atomic E-state index is 12.4. The van der Waals surface area contributed by atoms with E-state index in [2.05, 4.69) is 33.5 Å². The molecule has 5 heteroatoms. The Labute approximate surface area is 156 Å². The highest BCUT2D eigenvalue weighted by molar-refractivity contribution is 9.10. The number of carbonyl (C=O) groups is 2. The molecule has 1 fully saturated rings. The molecule has 1 aliphatic rings. The number of amides is 2. The largest absolute Gasteiger partial charge is 0.346 e. The lowest BCUT2D eigenvalue weighted by atomic mass is 10.1. The van der Waals surface area contributed by atoms with Crippen molar-refractivity contribution >= 4 is 33.4 Å². The Balaban J connectivity index is 1.59. The molecular weight excluding hydrogens is 380 g/mol. The second kappa shape index (κ2) is 7.40. The maximum atomic E-state index is 12.4. The summed E-state index contributed by atoms with van der Waals surface area (Å²) in [7, 11) is 0. The molecule has 0 bridgehead atoms. The summed E-state index contributed by atoms with van der Waals surface area (Å²) in [5, 5.41) is 5.88. The van der Waals surface area contributed by atoms with Crippen molar-refractivity contribution in [2.45, 2.75) is 26.3 Å². The van der Waals surface area contributed by atoms with Gasteiger partial charge in [0.15, 0.2) is 0 Å². The lowest BCUT2D eigenvalue weighted by molar-refractivity contribution is -0.117. The number of halogens is 1. The normalized spacial score (nSPS) is 19.8. The smallest absolute Gasteiger partial charge is 0.251 e. The van der Waals surface area contributed by atoms with Gasteiger partial charge in [-0.15, -0.1) is 0 Å². The van der Waals surface area contributed by atoms with Crippen LogP contribution in [-0.2, 0) is 4.79 Å². The van der Waals surface area contributed by atoms with Crippen LogP contribution in [-0.4, -0.2) is 11.8 Å². The number of hydrogen-bond donors (Lipinski definition) is 2. The Hall–Kier alpha value is -2.14. The van der Waals surface area contributed by atoms with Gasteiger partial charge in [0.05, 0.1) is 6.04 Å². The van der Waals surface area contributed by atoms with Crippen LogP contribution in [0.5, 0.6) is 0 Å². The standard InChI is InChI=1S/C20H21BrN2O2/c1-12-10-18(12)20(25)23-17-8-6-14(7-9-17)19(24)22-13(2)15-4-3-5-16(21)11-15/h3-9,11-13,18H,10H2,1-2H3,(H,22,24)(H,23,25). The first-order valence-corrected chi connectivity index (χ1v) is 9.20. The highest BCUT2D eigenvalue weighted by Crippen LogP contribution is 2.38. The summed E-state index contributed by atoms with van der Waals surface area (Å²) in [5.41, 5.74) is 2.32. The Bertz CT molecular complexity index is 789. The third-order valence-corrected chi connectivity index (χ3v) is 5.05. The fraction of sp³-hybridized carbons (Fsp3) is 0.300. The zero-order valence-electron chi connectivity index (χ0n) is 14.3. The molecule has 0 spiro atoms. The Morgan fingerprint density at radius 3 is 2.44 bits per heavy atom. The molecule has 2 N–H and O–H groups in total. The van der Waals surface area contributed by atoms with Gasteiger partial charge in [0.2, 0.25) is 5.91 Å². The molecule has 2 aromatic rings. The first-order chi connectivity index (χ1) is 11.9. The fourth-order valence-electron chi connectivity index (χ4n) is 2.77. The maximum Gasteiger partial charge on any atom is 0.251 e. The zero-order valence-corrected chi connectivity index (χ0v) is 15.8. The third kappa shape index (κ3) is 4.48. The van der Waals surface area contributed by atoms with Gasteiger partial charge in [-0.2, -0.15) is 0 Å². The molecule has 4 nitrogen and oxygen atoms in total. The molecule has 0 heterocycles. The summed E-state index contributed by atoms with van der Waals surface area (Å²) in [6.45, 7) is 4.02. The number of rotatable bonds is 5. The monoisotopic (exact) mass is 400 g/mol. The summed E-state index contributed by atoms with van der Waals surface area (Å²) in [6.07, 6.45) is 0.958. The topological polar surface area (TPSA) is 58.2 Å². The van der Waals surface area contributed by atoms with Gasteiger partial charge >= 0.3 is 0 Å². The average Bonchev–Trinajstić information content (AvgIpc) is 3.32. The minimum atomic E-state index is -0.138. The molecule has 1 saturated carbocycles. The highest BCUT2D eigenvalue weighted by atomic mass is 79.9. The lowest BCUT2D eigenvalue weighted by Gasteiger charge is -2.15. The highest BCUT2D eigenvalue weighted by Gasteiger charge is 2.39. The van der Waals surface area contributed by atoms with E-state index in [0.29, 0.717) is 11.5 Å². The van der Waals surface area contributed by atoms with E-state index in [1.165, 1.54) is 0 Å². The minimum Gasteiger partial charge on any atom is -0.346 e. The Morgan fingerprint density at radius 2 is 1.84 bits per heavy atom. The predicted molar refractivity (Wildman–Crippen MR) is 102 cm³/mol.